The van der Waals surface area contributed by atoms with E-state index in [1.165, 1.54) is 4.31 Å². The van der Waals surface area contributed by atoms with Crippen molar-refractivity contribution in [2.45, 2.75) is 18.7 Å². The third kappa shape index (κ3) is 2.13. The number of sulfonamides is 1. The maximum atomic E-state index is 11.9. The lowest BCUT2D eigenvalue weighted by Crippen LogP contribution is -2.30. The minimum Gasteiger partial charge on any atom is -0.207 e. The molecule has 0 heterocycles. The van der Waals surface area contributed by atoms with Crippen LogP contribution in [0.25, 0.3) is 0 Å². The fourth-order valence-corrected chi connectivity index (χ4v) is 2.78. The molecular formula is C10H15NO2S. The van der Waals surface area contributed by atoms with Crippen LogP contribution in [0.4, 0.5) is 0 Å². The van der Waals surface area contributed by atoms with E-state index in [2.05, 4.69) is 0 Å². The molecule has 1 aromatic carbocycles. The van der Waals surface area contributed by atoms with Crippen molar-refractivity contribution in [3.63, 3.8) is 0 Å². The minimum atomic E-state index is -3.27. The monoisotopic (exact) mass is 213 g/mol. The second-order valence-corrected chi connectivity index (χ2v) is 4.84. The molecule has 0 atom stereocenters. The van der Waals surface area contributed by atoms with Gasteiger partial charge in [0.2, 0.25) is 10.0 Å². The van der Waals surface area contributed by atoms with Gasteiger partial charge >= 0.3 is 0 Å². The highest BCUT2D eigenvalue weighted by molar-refractivity contribution is 7.89. The van der Waals surface area contributed by atoms with Gasteiger partial charge in [0.1, 0.15) is 0 Å². The van der Waals surface area contributed by atoms with Crippen LogP contribution in [0.1, 0.15) is 13.8 Å². The molecule has 0 aromatic heterocycles. The fraction of sp³-hybridized carbons (Fsp3) is 0.400. The van der Waals surface area contributed by atoms with Crippen molar-refractivity contribution in [2.24, 2.45) is 0 Å². The van der Waals surface area contributed by atoms with Crippen molar-refractivity contribution in [1.82, 2.24) is 4.31 Å². The van der Waals surface area contributed by atoms with E-state index >= 15 is 0 Å². The van der Waals surface area contributed by atoms with Crippen molar-refractivity contribution in [3.05, 3.63) is 30.3 Å². The zero-order valence-electron chi connectivity index (χ0n) is 8.47. The van der Waals surface area contributed by atoms with Gasteiger partial charge in [-0.3, -0.25) is 0 Å². The molecule has 0 bridgehead atoms. The summed E-state index contributed by atoms with van der Waals surface area (Å²) in [6.45, 7) is 4.69. The van der Waals surface area contributed by atoms with Crippen LogP contribution in [-0.4, -0.2) is 25.8 Å². The third-order valence-electron chi connectivity index (χ3n) is 2.09. The van der Waals surface area contributed by atoms with Gasteiger partial charge in [-0.05, 0) is 12.1 Å². The summed E-state index contributed by atoms with van der Waals surface area (Å²) in [7, 11) is -3.27. The Balaban J connectivity index is 3.08. The van der Waals surface area contributed by atoms with E-state index in [1.807, 2.05) is 13.8 Å². The number of rotatable bonds is 4. The highest BCUT2D eigenvalue weighted by Crippen LogP contribution is 2.13. The zero-order valence-corrected chi connectivity index (χ0v) is 9.29. The van der Waals surface area contributed by atoms with Gasteiger partial charge in [0.05, 0.1) is 4.90 Å². The molecule has 78 valence electrons. The van der Waals surface area contributed by atoms with E-state index in [4.69, 9.17) is 0 Å². The van der Waals surface area contributed by atoms with Crippen molar-refractivity contribution < 1.29 is 8.42 Å². The van der Waals surface area contributed by atoms with Crippen LogP contribution < -0.4 is 0 Å². The molecule has 0 saturated carbocycles. The maximum absolute atomic E-state index is 11.9. The lowest BCUT2D eigenvalue weighted by molar-refractivity contribution is 0.445. The molecule has 0 amide bonds. The summed E-state index contributed by atoms with van der Waals surface area (Å²) in [5.41, 5.74) is 0. The van der Waals surface area contributed by atoms with Gasteiger partial charge in [-0.15, -0.1) is 0 Å². The first-order valence-corrected chi connectivity index (χ1v) is 6.12. The highest BCUT2D eigenvalue weighted by Gasteiger charge is 2.20. The molecule has 0 saturated heterocycles. The number of nitrogens with zero attached hydrogens (tertiary/aromatic N) is 1. The van der Waals surface area contributed by atoms with Gasteiger partial charge in [0, 0.05) is 13.1 Å². The van der Waals surface area contributed by atoms with Crippen LogP contribution in [0.15, 0.2) is 35.2 Å². The molecule has 4 heteroatoms. The molecule has 0 aliphatic heterocycles. The first-order valence-electron chi connectivity index (χ1n) is 4.68. The minimum absolute atomic E-state index is 0.365. The van der Waals surface area contributed by atoms with Crippen molar-refractivity contribution in [3.8, 4) is 0 Å². The number of hydrogen-bond donors (Lipinski definition) is 0. The molecule has 0 N–H and O–H groups in total. The largest absolute Gasteiger partial charge is 0.243 e. The number of hydrogen-bond acceptors (Lipinski definition) is 2. The Morgan fingerprint density at radius 2 is 1.57 bits per heavy atom. The molecule has 0 unspecified atom stereocenters. The van der Waals surface area contributed by atoms with E-state index in [-0.39, 0.29) is 0 Å². The third-order valence-corrected chi connectivity index (χ3v) is 4.15. The van der Waals surface area contributed by atoms with Crippen LogP contribution >= 0.6 is 0 Å². The normalized spacial score (nSPS) is 11.9. The molecule has 14 heavy (non-hydrogen) atoms. The predicted octanol–water partition coefficient (Wildman–Crippen LogP) is 1.72. The second-order valence-electron chi connectivity index (χ2n) is 2.90. The quantitative estimate of drug-likeness (QED) is 0.763. The first kappa shape index (κ1) is 11.2. The average molecular weight is 213 g/mol. The van der Waals surface area contributed by atoms with Crippen molar-refractivity contribution >= 4 is 10.0 Å². The van der Waals surface area contributed by atoms with Gasteiger partial charge in [-0.25, -0.2) is 8.42 Å². The topological polar surface area (TPSA) is 37.4 Å². The highest BCUT2D eigenvalue weighted by atomic mass is 32.2. The van der Waals surface area contributed by atoms with Crippen molar-refractivity contribution in [1.29, 1.82) is 0 Å². The van der Waals surface area contributed by atoms with Gasteiger partial charge < -0.3 is 0 Å². The zero-order chi connectivity index (χ0) is 10.6. The summed E-state index contributed by atoms with van der Waals surface area (Å²) in [5, 5.41) is 0. The molecule has 0 aliphatic carbocycles. The summed E-state index contributed by atoms with van der Waals surface area (Å²) in [4.78, 5) is 0.365. The van der Waals surface area contributed by atoms with E-state index < -0.39 is 10.0 Å². The van der Waals surface area contributed by atoms with Gasteiger partial charge in [-0.1, -0.05) is 32.0 Å². The molecule has 3 nitrogen and oxygen atoms in total. The van der Waals surface area contributed by atoms with E-state index in [0.29, 0.717) is 18.0 Å². The molecule has 0 aliphatic rings. The Labute approximate surface area is 85.4 Å². The van der Waals surface area contributed by atoms with Gasteiger partial charge in [-0.2, -0.15) is 4.31 Å². The standard InChI is InChI=1S/C10H15NO2S/c1-3-11(4-2)14(12,13)10-8-6-5-7-9-10/h5-9H,3-4H2,1-2H3. The summed E-state index contributed by atoms with van der Waals surface area (Å²) < 4.78 is 25.3. The Hall–Kier alpha value is -0.870. The Morgan fingerprint density at radius 1 is 1.07 bits per heavy atom. The molecule has 0 spiro atoms. The molecule has 0 fully saturated rings. The van der Waals surface area contributed by atoms with E-state index in [0.717, 1.165) is 0 Å². The fourth-order valence-electron chi connectivity index (χ4n) is 1.31. The predicted molar refractivity (Wildman–Crippen MR) is 56.5 cm³/mol. The van der Waals surface area contributed by atoms with Crippen molar-refractivity contribution in [2.75, 3.05) is 13.1 Å². The SMILES string of the molecule is CCN(CC)S(=O)(=O)c1ccccc1. The lowest BCUT2D eigenvalue weighted by atomic mass is 10.4. The smallest absolute Gasteiger partial charge is 0.207 e. The Bertz CT molecular complexity index is 368. The molecular weight excluding hydrogens is 198 g/mol. The maximum Gasteiger partial charge on any atom is 0.243 e. The summed E-state index contributed by atoms with van der Waals surface area (Å²) in [6.07, 6.45) is 0. The van der Waals surface area contributed by atoms with E-state index in [1.54, 1.807) is 30.3 Å². The Morgan fingerprint density at radius 3 is 2.00 bits per heavy atom. The molecule has 0 radical (unpaired) electrons. The molecule has 1 rings (SSSR count). The summed E-state index contributed by atoms with van der Waals surface area (Å²) >= 11 is 0. The summed E-state index contributed by atoms with van der Waals surface area (Å²) in [6, 6.07) is 8.51. The van der Waals surface area contributed by atoms with Gasteiger partial charge in [0.15, 0.2) is 0 Å². The Kier molecular flexibility index (Phi) is 3.66. The van der Waals surface area contributed by atoms with Crippen LogP contribution in [0.3, 0.4) is 0 Å². The first-order chi connectivity index (χ1) is 6.62. The second kappa shape index (κ2) is 4.57. The van der Waals surface area contributed by atoms with Crippen LogP contribution in [0, 0.1) is 0 Å². The van der Waals surface area contributed by atoms with Crippen LogP contribution in [0.2, 0.25) is 0 Å². The van der Waals surface area contributed by atoms with Gasteiger partial charge in [0.25, 0.3) is 0 Å². The van der Waals surface area contributed by atoms with E-state index in [9.17, 15) is 8.42 Å². The summed E-state index contributed by atoms with van der Waals surface area (Å²) in [5.74, 6) is 0. The number of benzene rings is 1. The average Bonchev–Trinajstić information content (AvgIpc) is 2.20. The molecule has 1 aromatic rings. The van der Waals surface area contributed by atoms with Crippen LogP contribution in [-0.2, 0) is 10.0 Å². The lowest BCUT2D eigenvalue weighted by Gasteiger charge is -2.18. The van der Waals surface area contributed by atoms with Crippen LogP contribution in [0.5, 0.6) is 0 Å².